The average Bonchev–Trinajstić information content (AvgIpc) is 3.85. The Hall–Kier alpha value is -3.73. The van der Waals surface area contributed by atoms with E-state index in [1.165, 1.54) is 73.3 Å². The number of aromatic nitrogens is 2. The predicted molar refractivity (Wildman–Crippen MR) is 227 cm³/mol. The summed E-state index contributed by atoms with van der Waals surface area (Å²) in [4.78, 5) is 9.47. The molecule has 0 amide bonds. The summed E-state index contributed by atoms with van der Waals surface area (Å²) < 4.78 is 2.59. The SMILES string of the molecule is CC(C)(c1ccnc(-c2[c-]ccc3c2sc2cc(-c4ccccc4)ccc23)c1)C1CCCC1.CC(C)c1cc(-c2[c-]cccc2)ncc1[Si](C)(C)C.[Ir]. The molecule has 5 heteroatoms. The van der Waals surface area contributed by atoms with Crippen LogP contribution in [0.4, 0.5) is 0 Å². The third kappa shape index (κ3) is 8.35. The van der Waals surface area contributed by atoms with Crippen LogP contribution >= 0.6 is 11.3 Å². The first kappa shape index (κ1) is 39.0. The maximum absolute atomic E-state index is 4.81. The monoisotopic (exact) mass is 907 g/mol. The predicted octanol–water partition coefficient (Wildman–Crippen LogP) is 13.3. The first-order valence-corrected chi connectivity index (χ1v) is 23.2. The van der Waals surface area contributed by atoms with Gasteiger partial charge in [-0.15, -0.1) is 59.7 Å². The van der Waals surface area contributed by atoms with Gasteiger partial charge < -0.3 is 9.97 Å². The second-order valence-corrected chi connectivity index (χ2v) is 22.3. The van der Waals surface area contributed by atoms with Crippen LogP contribution in [0.5, 0.6) is 0 Å². The van der Waals surface area contributed by atoms with Crippen molar-refractivity contribution in [2.75, 3.05) is 0 Å². The number of hydrogen-bond donors (Lipinski definition) is 0. The molecular formula is C48H50IrN2SSi-2. The van der Waals surface area contributed by atoms with Gasteiger partial charge in [-0.2, -0.15) is 11.3 Å². The van der Waals surface area contributed by atoms with Gasteiger partial charge in [0.05, 0.1) is 8.07 Å². The quantitative estimate of drug-likeness (QED) is 0.118. The van der Waals surface area contributed by atoms with Gasteiger partial charge in [-0.25, -0.2) is 0 Å². The Bertz CT molecular complexity index is 2300. The molecule has 0 spiro atoms. The Balaban J connectivity index is 0.000000206. The maximum atomic E-state index is 4.81. The van der Waals surface area contributed by atoms with Crippen LogP contribution in [0.25, 0.3) is 53.8 Å². The number of thiophene rings is 1. The van der Waals surface area contributed by atoms with Gasteiger partial charge in [0.15, 0.2) is 0 Å². The molecule has 1 aliphatic rings. The molecule has 0 atom stereocenters. The zero-order valence-electron chi connectivity index (χ0n) is 32.1. The van der Waals surface area contributed by atoms with Gasteiger partial charge in [0, 0.05) is 37.2 Å². The van der Waals surface area contributed by atoms with Crippen molar-refractivity contribution in [3.8, 4) is 33.6 Å². The van der Waals surface area contributed by atoms with Crippen LogP contribution in [0.2, 0.25) is 19.6 Å². The van der Waals surface area contributed by atoms with E-state index in [9.17, 15) is 0 Å². The molecule has 7 aromatic rings. The molecule has 1 fully saturated rings. The molecule has 0 saturated heterocycles. The Morgan fingerprint density at radius 2 is 1.51 bits per heavy atom. The molecule has 1 saturated carbocycles. The summed E-state index contributed by atoms with van der Waals surface area (Å²) in [5.74, 6) is 1.29. The van der Waals surface area contributed by atoms with Crippen molar-refractivity contribution in [1.29, 1.82) is 0 Å². The number of benzene rings is 4. The fourth-order valence-corrected chi connectivity index (χ4v) is 10.8. The number of nitrogens with zero attached hydrogens (tertiary/aromatic N) is 2. The second-order valence-electron chi connectivity index (χ2n) is 16.2. The number of rotatable bonds is 7. The van der Waals surface area contributed by atoms with Crippen molar-refractivity contribution >= 4 is 44.8 Å². The minimum atomic E-state index is -1.34. The van der Waals surface area contributed by atoms with Crippen LogP contribution in [0, 0.1) is 18.1 Å². The van der Waals surface area contributed by atoms with Gasteiger partial charge in [0.25, 0.3) is 0 Å². The van der Waals surface area contributed by atoms with Crippen molar-refractivity contribution in [1.82, 2.24) is 9.97 Å². The molecule has 273 valence electrons. The standard InChI is InChI=1S/C31H28NS.C17H22NSi.Ir/c1-31(2,23-11-6-7-12-23)24-17-18-32-28(20-24)27-14-8-13-26-25-16-15-22(19-29(25)33-30(26)27)21-9-4-3-5-10-21;1-13(2)15-11-16(14-9-7-6-8-10-14)18-12-17(15)19(3,4)5;/h3-5,8-10,13,15-20,23H,6-7,11-12H2,1-2H3;6-9,11-13H,1-5H3;/q2*-1;. The van der Waals surface area contributed by atoms with Gasteiger partial charge in [0.1, 0.15) is 0 Å². The Morgan fingerprint density at radius 3 is 2.21 bits per heavy atom. The third-order valence-electron chi connectivity index (χ3n) is 11.0. The molecule has 1 radical (unpaired) electrons. The largest absolute Gasteiger partial charge is 0.305 e. The Kier molecular flexibility index (Phi) is 12.0. The maximum Gasteiger partial charge on any atom is 0.0799 e. The molecule has 3 heterocycles. The van der Waals surface area contributed by atoms with Crippen molar-refractivity contribution in [3.63, 3.8) is 0 Å². The van der Waals surface area contributed by atoms with Gasteiger partial charge in [-0.05, 0) is 85.6 Å². The zero-order chi connectivity index (χ0) is 36.5. The second kappa shape index (κ2) is 16.3. The van der Waals surface area contributed by atoms with E-state index in [0.29, 0.717) is 5.92 Å². The average molecular weight is 907 g/mol. The Labute approximate surface area is 335 Å². The zero-order valence-corrected chi connectivity index (χ0v) is 36.3. The Morgan fingerprint density at radius 1 is 0.755 bits per heavy atom. The van der Waals surface area contributed by atoms with Crippen molar-refractivity contribution in [2.24, 2.45) is 5.92 Å². The molecular weight excluding hydrogens is 857 g/mol. The summed E-state index contributed by atoms with van der Waals surface area (Å²) in [6.45, 7) is 16.5. The van der Waals surface area contributed by atoms with Crippen LogP contribution < -0.4 is 5.19 Å². The van der Waals surface area contributed by atoms with Crippen LogP contribution in [0.1, 0.15) is 70.4 Å². The number of fused-ring (bicyclic) bond motifs is 3. The third-order valence-corrected chi connectivity index (χ3v) is 14.2. The topological polar surface area (TPSA) is 25.8 Å². The van der Waals surface area contributed by atoms with E-state index >= 15 is 0 Å². The van der Waals surface area contributed by atoms with Gasteiger partial charge in [-0.3, -0.25) is 0 Å². The van der Waals surface area contributed by atoms with E-state index in [4.69, 9.17) is 4.98 Å². The summed E-state index contributed by atoms with van der Waals surface area (Å²) in [5, 5.41) is 4.08. The molecule has 0 N–H and O–H groups in total. The molecule has 0 aliphatic heterocycles. The van der Waals surface area contributed by atoms with E-state index < -0.39 is 8.07 Å². The first-order chi connectivity index (χ1) is 25.0. The summed E-state index contributed by atoms with van der Waals surface area (Å²) in [7, 11) is -1.34. The van der Waals surface area contributed by atoms with E-state index in [1.54, 1.807) is 0 Å². The van der Waals surface area contributed by atoms with E-state index in [2.05, 4.69) is 156 Å². The molecule has 1 aliphatic carbocycles. The minimum absolute atomic E-state index is 0. The van der Waals surface area contributed by atoms with Gasteiger partial charge in [0.2, 0.25) is 0 Å². The van der Waals surface area contributed by atoms with Crippen molar-refractivity contribution in [2.45, 2.75) is 84.4 Å². The normalized spacial score (nSPS) is 13.6. The van der Waals surface area contributed by atoms with Gasteiger partial charge in [-0.1, -0.05) is 126 Å². The van der Waals surface area contributed by atoms with Crippen LogP contribution in [-0.4, -0.2) is 18.0 Å². The van der Waals surface area contributed by atoms with Crippen LogP contribution in [0.3, 0.4) is 0 Å². The molecule has 2 nitrogen and oxygen atoms in total. The fourth-order valence-electron chi connectivity index (χ4n) is 7.87. The van der Waals surface area contributed by atoms with E-state index in [-0.39, 0.29) is 25.5 Å². The van der Waals surface area contributed by atoms with Crippen LogP contribution in [-0.2, 0) is 25.5 Å². The molecule has 53 heavy (non-hydrogen) atoms. The summed E-state index contributed by atoms with van der Waals surface area (Å²) >= 11 is 1.86. The van der Waals surface area contributed by atoms with Crippen LogP contribution in [0.15, 0.2) is 116 Å². The minimum Gasteiger partial charge on any atom is -0.305 e. The van der Waals surface area contributed by atoms with Crippen molar-refractivity contribution in [3.05, 3.63) is 139 Å². The molecule has 4 aromatic carbocycles. The fraction of sp³-hybridized carbons (Fsp3) is 0.292. The van der Waals surface area contributed by atoms with Crippen molar-refractivity contribution < 1.29 is 20.1 Å². The smallest absolute Gasteiger partial charge is 0.0799 e. The molecule has 0 bridgehead atoms. The number of hydrogen-bond acceptors (Lipinski definition) is 3. The van der Waals surface area contributed by atoms with Gasteiger partial charge >= 0.3 is 0 Å². The first-order valence-electron chi connectivity index (χ1n) is 18.9. The molecule has 0 unspecified atom stereocenters. The molecule has 8 rings (SSSR count). The number of pyridine rings is 2. The summed E-state index contributed by atoms with van der Waals surface area (Å²) in [6.07, 6.45) is 9.50. The summed E-state index contributed by atoms with van der Waals surface area (Å²) in [5.41, 5.74) is 9.81. The van der Waals surface area contributed by atoms with E-state index in [1.807, 2.05) is 35.7 Å². The molecule has 3 aromatic heterocycles. The summed E-state index contributed by atoms with van der Waals surface area (Å²) in [6, 6.07) is 43.3. The van der Waals surface area contributed by atoms with E-state index in [0.717, 1.165) is 28.4 Å².